The van der Waals surface area contributed by atoms with Crippen LogP contribution in [0.3, 0.4) is 0 Å². The Morgan fingerprint density at radius 1 is 1.21 bits per heavy atom. The van der Waals surface area contributed by atoms with Gasteiger partial charge in [-0.1, -0.05) is 13.3 Å². The van der Waals surface area contributed by atoms with Gasteiger partial charge in [-0.2, -0.15) is 0 Å². The molecule has 0 aromatic rings. The van der Waals surface area contributed by atoms with E-state index in [1.165, 1.54) is 58.0 Å². The number of hydrogen-bond donors (Lipinski definition) is 1. The largest absolute Gasteiger partial charge is 0.329 e. The van der Waals surface area contributed by atoms with Gasteiger partial charge in [0.25, 0.3) is 0 Å². The Labute approximate surface area is 118 Å². The number of piperidine rings is 1. The minimum absolute atomic E-state index is 0.281. The Morgan fingerprint density at radius 2 is 2.00 bits per heavy atom. The maximum Gasteiger partial charge on any atom is 0.0476 e. The first-order valence-electron chi connectivity index (χ1n) is 8.43. The smallest absolute Gasteiger partial charge is 0.0476 e. The van der Waals surface area contributed by atoms with Crippen LogP contribution in [0.15, 0.2) is 0 Å². The Balaban J connectivity index is 1.78. The second kappa shape index (κ2) is 5.34. The van der Waals surface area contributed by atoms with E-state index >= 15 is 0 Å². The Kier molecular flexibility index (Phi) is 3.89. The molecule has 0 bridgehead atoms. The third-order valence-corrected chi connectivity index (χ3v) is 5.82. The quantitative estimate of drug-likeness (QED) is 0.846. The highest BCUT2D eigenvalue weighted by molar-refractivity contribution is 5.08. The first-order valence-corrected chi connectivity index (χ1v) is 8.43. The van der Waals surface area contributed by atoms with E-state index in [-0.39, 0.29) is 5.54 Å². The molecule has 3 fully saturated rings. The van der Waals surface area contributed by atoms with Crippen molar-refractivity contribution in [2.24, 2.45) is 5.73 Å². The van der Waals surface area contributed by atoms with Crippen molar-refractivity contribution in [3.05, 3.63) is 0 Å². The summed E-state index contributed by atoms with van der Waals surface area (Å²) in [7, 11) is 0. The lowest BCUT2D eigenvalue weighted by Gasteiger charge is -2.48. The van der Waals surface area contributed by atoms with Crippen molar-refractivity contribution in [1.29, 1.82) is 0 Å². The summed E-state index contributed by atoms with van der Waals surface area (Å²) in [5.41, 5.74) is 6.57. The van der Waals surface area contributed by atoms with E-state index in [1.807, 2.05) is 0 Å². The molecule has 3 heteroatoms. The molecule has 0 radical (unpaired) electrons. The van der Waals surface area contributed by atoms with Crippen LogP contribution < -0.4 is 5.73 Å². The molecule has 3 atom stereocenters. The van der Waals surface area contributed by atoms with Gasteiger partial charge in [-0.15, -0.1) is 0 Å². The van der Waals surface area contributed by atoms with Gasteiger partial charge < -0.3 is 5.73 Å². The van der Waals surface area contributed by atoms with Crippen molar-refractivity contribution in [2.75, 3.05) is 19.6 Å². The molecule has 2 heterocycles. The van der Waals surface area contributed by atoms with Crippen LogP contribution in [0.2, 0.25) is 0 Å². The fourth-order valence-electron chi connectivity index (χ4n) is 4.65. The van der Waals surface area contributed by atoms with Crippen molar-refractivity contribution in [2.45, 2.75) is 82.5 Å². The van der Waals surface area contributed by atoms with Gasteiger partial charge in [-0.05, 0) is 52.0 Å². The van der Waals surface area contributed by atoms with E-state index in [4.69, 9.17) is 5.73 Å². The maximum atomic E-state index is 6.29. The van der Waals surface area contributed by atoms with Crippen LogP contribution in [0, 0.1) is 0 Å². The summed E-state index contributed by atoms with van der Waals surface area (Å²) in [6, 6.07) is 2.40. The molecule has 0 amide bonds. The van der Waals surface area contributed by atoms with Gasteiger partial charge in [0.05, 0.1) is 0 Å². The van der Waals surface area contributed by atoms with Crippen molar-refractivity contribution in [1.82, 2.24) is 9.80 Å². The van der Waals surface area contributed by atoms with E-state index in [2.05, 4.69) is 23.6 Å². The normalized spacial score (nSPS) is 41.8. The number of nitrogens with two attached hydrogens (primary N) is 1. The van der Waals surface area contributed by atoms with Gasteiger partial charge in [0.15, 0.2) is 0 Å². The summed E-state index contributed by atoms with van der Waals surface area (Å²) in [6.07, 6.45) is 9.59. The zero-order chi connectivity index (χ0) is 13.5. The predicted octanol–water partition coefficient (Wildman–Crippen LogP) is 2.21. The predicted molar refractivity (Wildman–Crippen MR) is 80.2 cm³/mol. The highest BCUT2D eigenvalue weighted by Gasteiger charge is 2.50. The highest BCUT2D eigenvalue weighted by Crippen LogP contribution is 2.41. The second-order valence-corrected chi connectivity index (χ2v) is 7.14. The number of rotatable bonds is 4. The fourth-order valence-corrected chi connectivity index (χ4v) is 4.65. The monoisotopic (exact) mass is 265 g/mol. The molecule has 3 aliphatic rings. The maximum absolute atomic E-state index is 6.29. The molecule has 3 nitrogen and oxygen atoms in total. The summed E-state index contributed by atoms with van der Waals surface area (Å²) in [4.78, 5) is 5.57. The van der Waals surface area contributed by atoms with E-state index in [9.17, 15) is 0 Å². The summed E-state index contributed by atoms with van der Waals surface area (Å²) in [6.45, 7) is 8.12. The number of hydrogen-bond acceptors (Lipinski definition) is 3. The molecular formula is C16H31N3. The Morgan fingerprint density at radius 3 is 2.63 bits per heavy atom. The van der Waals surface area contributed by atoms with Crippen LogP contribution in [0.1, 0.15) is 58.8 Å². The Hall–Kier alpha value is -0.120. The average molecular weight is 265 g/mol. The van der Waals surface area contributed by atoms with Crippen molar-refractivity contribution >= 4 is 0 Å². The SMILES string of the molecule is CCC1CCCCN1C1(CN)CC(C)N(C2CC2)C1. The third-order valence-electron chi connectivity index (χ3n) is 5.82. The van der Waals surface area contributed by atoms with Gasteiger partial charge in [-0.3, -0.25) is 9.80 Å². The molecule has 110 valence electrons. The summed E-state index contributed by atoms with van der Waals surface area (Å²) in [5, 5.41) is 0. The molecule has 3 rings (SSSR count). The molecule has 3 unspecified atom stereocenters. The standard InChI is InChI=1S/C16H31N3/c1-3-14-6-4-5-9-19(14)16(11-17)10-13(2)18(12-16)15-7-8-15/h13-15H,3-12,17H2,1-2H3. The van der Waals surface area contributed by atoms with Crippen LogP contribution in [-0.4, -0.2) is 53.1 Å². The van der Waals surface area contributed by atoms with Crippen LogP contribution in [-0.2, 0) is 0 Å². The molecule has 0 aromatic carbocycles. The molecule has 1 aliphatic carbocycles. The topological polar surface area (TPSA) is 32.5 Å². The fraction of sp³-hybridized carbons (Fsp3) is 1.00. The van der Waals surface area contributed by atoms with Crippen molar-refractivity contribution in [3.8, 4) is 0 Å². The van der Waals surface area contributed by atoms with Crippen LogP contribution in [0.25, 0.3) is 0 Å². The van der Waals surface area contributed by atoms with Crippen molar-refractivity contribution in [3.63, 3.8) is 0 Å². The second-order valence-electron chi connectivity index (χ2n) is 7.14. The van der Waals surface area contributed by atoms with E-state index in [0.29, 0.717) is 0 Å². The van der Waals surface area contributed by atoms with Gasteiger partial charge in [0, 0.05) is 36.8 Å². The van der Waals surface area contributed by atoms with Gasteiger partial charge in [-0.25, -0.2) is 0 Å². The first-order chi connectivity index (χ1) is 9.20. The summed E-state index contributed by atoms with van der Waals surface area (Å²) >= 11 is 0. The van der Waals surface area contributed by atoms with E-state index < -0.39 is 0 Å². The van der Waals surface area contributed by atoms with Crippen LogP contribution in [0.5, 0.6) is 0 Å². The first kappa shape index (κ1) is 13.8. The van der Waals surface area contributed by atoms with E-state index in [0.717, 1.165) is 24.7 Å². The molecule has 0 spiro atoms. The van der Waals surface area contributed by atoms with Gasteiger partial charge >= 0.3 is 0 Å². The lowest BCUT2D eigenvalue weighted by molar-refractivity contribution is 0.0248. The summed E-state index contributed by atoms with van der Waals surface area (Å²) < 4.78 is 0. The molecular weight excluding hydrogens is 234 g/mol. The van der Waals surface area contributed by atoms with Crippen LogP contribution in [0.4, 0.5) is 0 Å². The minimum Gasteiger partial charge on any atom is -0.329 e. The Bertz CT molecular complexity index is 315. The van der Waals surface area contributed by atoms with Crippen molar-refractivity contribution < 1.29 is 0 Å². The lowest BCUT2D eigenvalue weighted by atomic mass is 9.87. The zero-order valence-corrected chi connectivity index (χ0v) is 12.8. The average Bonchev–Trinajstić information content (AvgIpc) is 3.23. The van der Waals surface area contributed by atoms with E-state index in [1.54, 1.807) is 0 Å². The molecule has 2 aliphatic heterocycles. The number of nitrogens with zero attached hydrogens (tertiary/aromatic N) is 2. The number of likely N-dealkylation sites (tertiary alicyclic amines) is 2. The lowest BCUT2D eigenvalue weighted by Crippen LogP contribution is -2.60. The summed E-state index contributed by atoms with van der Waals surface area (Å²) in [5.74, 6) is 0. The minimum atomic E-state index is 0.281. The molecule has 19 heavy (non-hydrogen) atoms. The highest BCUT2D eigenvalue weighted by atomic mass is 15.3. The van der Waals surface area contributed by atoms with Crippen LogP contribution >= 0.6 is 0 Å². The molecule has 1 saturated carbocycles. The zero-order valence-electron chi connectivity index (χ0n) is 12.8. The molecule has 2 N–H and O–H groups in total. The third kappa shape index (κ3) is 2.45. The van der Waals surface area contributed by atoms with Gasteiger partial charge in [0.1, 0.15) is 0 Å². The molecule has 0 aromatic heterocycles. The molecule has 2 saturated heterocycles. The van der Waals surface area contributed by atoms with Gasteiger partial charge in [0.2, 0.25) is 0 Å².